The van der Waals surface area contributed by atoms with Crippen molar-refractivity contribution < 1.29 is 0 Å². The Kier molecular flexibility index (Phi) is 3.92. The van der Waals surface area contributed by atoms with Crippen molar-refractivity contribution in [1.29, 1.82) is 0 Å². The van der Waals surface area contributed by atoms with Crippen LogP contribution in [0.25, 0.3) is 5.65 Å². The van der Waals surface area contributed by atoms with E-state index >= 15 is 0 Å². The number of rotatable bonds is 4. The van der Waals surface area contributed by atoms with Crippen LogP contribution in [0.3, 0.4) is 0 Å². The number of piperidine rings is 1. The lowest BCUT2D eigenvalue weighted by Gasteiger charge is -2.32. The number of hydrogen-bond acceptors (Lipinski definition) is 5. The molecule has 0 aliphatic carbocycles. The Morgan fingerprint density at radius 2 is 2.19 bits per heavy atom. The number of fused-ring (bicyclic) bond motifs is 1. The van der Waals surface area contributed by atoms with Gasteiger partial charge in [-0.1, -0.05) is 6.92 Å². The first-order chi connectivity index (χ1) is 10.2. The Morgan fingerprint density at radius 1 is 1.43 bits per heavy atom. The van der Waals surface area contributed by atoms with E-state index in [1.54, 1.807) is 0 Å². The predicted octanol–water partition coefficient (Wildman–Crippen LogP) is 1.01. The van der Waals surface area contributed by atoms with Gasteiger partial charge >= 0.3 is 5.69 Å². The zero-order valence-electron chi connectivity index (χ0n) is 12.6. The third-order valence-electron chi connectivity index (χ3n) is 4.05. The third-order valence-corrected chi connectivity index (χ3v) is 4.05. The van der Waals surface area contributed by atoms with Crippen LogP contribution in [-0.2, 0) is 0 Å². The molecule has 3 rings (SSSR count). The molecule has 1 saturated heterocycles. The summed E-state index contributed by atoms with van der Waals surface area (Å²) in [6, 6.07) is 2.27. The third kappa shape index (κ3) is 2.92. The van der Waals surface area contributed by atoms with Crippen molar-refractivity contribution in [3.63, 3.8) is 0 Å². The second-order valence-corrected chi connectivity index (χ2v) is 5.67. The Labute approximate surface area is 123 Å². The molecule has 2 aromatic rings. The quantitative estimate of drug-likeness (QED) is 0.878. The van der Waals surface area contributed by atoms with Gasteiger partial charge in [-0.3, -0.25) is 0 Å². The largest absolute Gasteiger partial charge is 0.367 e. The second kappa shape index (κ2) is 5.85. The molecule has 0 spiro atoms. The number of aryl methyl sites for hydroxylation is 1. The highest BCUT2D eigenvalue weighted by Gasteiger charge is 2.19. The molecule has 0 aromatic carbocycles. The summed E-state index contributed by atoms with van der Waals surface area (Å²) < 4.78 is 1.48. The minimum absolute atomic E-state index is 0.241. The maximum absolute atomic E-state index is 11.6. The van der Waals surface area contributed by atoms with Crippen molar-refractivity contribution in [2.75, 3.05) is 25.0 Å². The molecule has 21 heavy (non-hydrogen) atoms. The maximum Gasteiger partial charge on any atom is 0.349 e. The first-order valence-corrected chi connectivity index (χ1v) is 7.61. The fourth-order valence-electron chi connectivity index (χ4n) is 3.00. The average molecular weight is 290 g/mol. The van der Waals surface area contributed by atoms with Crippen molar-refractivity contribution in [3.8, 4) is 0 Å². The van der Waals surface area contributed by atoms with Crippen molar-refractivity contribution in [2.45, 2.75) is 39.2 Å². The molecule has 3 heterocycles. The number of aromatic amines is 1. The Balaban J connectivity index is 1.70. The van der Waals surface area contributed by atoms with Crippen LogP contribution >= 0.6 is 0 Å². The molecule has 0 bridgehead atoms. The van der Waals surface area contributed by atoms with E-state index in [0.29, 0.717) is 17.5 Å². The molecule has 0 atom stereocenters. The van der Waals surface area contributed by atoms with E-state index in [2.05, 4.69) is 32.3 Å². The van der Waals surface area contributed by atoms with Crippen LogP contribution < -0.4 is 11.0 Å². The minimum atomic E-state index is -0.241. The van der Waals surface area contributed by atoms with Crippen molar-refractivity contribution >= 4 is 11.5 Å². The van der Waals surface area contributed by atoms with E-state index in [-0.39, 0.29) is 5.69 Å². The van der Waals surface area contributed by atoms with Crippen LogP contribution in [0.5, 0.6) is 0 Å². The maximum atomic E-state index is 11.6. The van der Waals surface area contributed by atoms with Crippen LogP contribution in [0.15, 0.2) is 10.9 Å². The average Bonchev–Trinajstić information content (AvgIpc) is 2.83. The highest BCUT2D eigenvalue weighted by atomic mass is 16.1. The molecule has 0 radical (unpaired) electrons. The molecule has 7 nitrogen and oxygen atoms in total. The van der Waals surface area contributed by atoms with Gasteiger partial charge < -0.3 is 10.2 Å². The first kappa shape index (κ1) is 14.1. The molecule has 0 unspecified atom stereocenters. The molecule has 1 aliphatic heterocycles. The highest BCUT2D eigenvalue weighted by molar-refractivity contribution is 5.50. The predicted molar refractivity (Wildman–Crippen MR) is 81.7 cm³/mol. The van der Waals surface area contributed by atoms with Crippen LogP contribution in [0.2, 0.25) is 0 Å². The highest BCUT2D eigenvalue weighted by Crippen LogP contribution is 2.16. The summed E-state index contributed by atoms with van der Waals surface area (Å²) in [6.07, 6.45) is 3.46. The molecular weight excluding hydrogens is 268 g/mol. The Bertz CT molecular complexity index is 668. The van der Waals surface area contributed by atoms with E-state index in [9.17, 15) is 4.79 Å². The molecule has 0 saturated carbocycles. The van der Waals surface area contributed by atoms with Crippen molar-refractivity contribution in [3.05, 3.63) is 22.4 Å². The molecule has 1 fully saturated rings. The van der Waals surface area contributed by atoms with Crippen molar-refractivity contribution in [2.24, 2.45) is 0 Å². The monoisotopic (exact) mass is 290 g/mol. The molecular formula is C14H22N6O. The summed E-state index contributed by atoms with van der Waals surface area (Å²) in [5.74, 6) is 1.45. The molecule has 2 aromatic heterocycles. The SMILES string of the molecule is CCCN1CCC(Nc2cc3n[nH]c(=O)n3c(C)n2)CC1. The Hall–Kier alpha value is -1.89. The number of H-pyrrole nitrogens is 1. The van der Waals surface area contributed by atoms with Crippen LogP contribution in [-0.4, -0.2) is 50.2 Å². The summed E-state index contributed by atoms with van der Waals surface area (Å²) in [5, 5.41) is 9.94. The lowest BCUT2D eigenvalue weighted by atomic mass is 10.0. The van der Waals surface area contributed by atoms with Gasteiger partial charge in [0, 0.05) is 25.2 Å². The number of aromatic nitrogens is 4. The van der Waals surface area contributed by atoms with E-state index in [0.717, 1.165) is 31.7 Å². The van der Waals surface area contributed by atoms with Crippen LogP contribution in [0, 0.1) is 6.92 Å². The number of hydrogen-bond donors (Lipinski definition) is 2. The van der Waals surface area contributed by atoms with E-state index in [1.807, 2.05) is 13.0 Å². The molecule has 114 valence electrons. The lowest BCUT2D eigenvalue weighted by Crippen LogP contribution is -2.39. The summed E-state index contributed by atoms with van der Waals surface area (Å²) in [6.45, 7) is 7.49. The van der Waals surface area contributed by atoms with Gasteiger partial charge in [-0.2, -0.15) is 5.10 Å². The Morgan fingerprint density at radius 3 is 2.90 bits per heavy atom. The van der Waals surface area contributed by atoms with Gasteiger partial charge in [-0.05, 0) is 32.7 Å². The van der Waals surface area contributed by atoms with Gasteiger partial charge in [0.15, 0.2) is 5.65 Å². The van der Waals surface area contributed by atoms with Gasteiger partial charge in [0.25, 0.3) is 0 Å². The number of likely N-dealkylation sites (tertiary alicyclic amines) is 1. The summed E-state index contributed by atoms with van der Waals surface area (Å²) in [4.78, 5) is 18.5. The van der Waals surface area contributed by atoms with E-state index in [4.69, 9.17) is 0 Å². The minimum Gasteiger partial charge on any atom is -0.367 e. The van der Waals surface area contributed by atoms with E-state index in [1.165, 1.54) is 17.4 Å². The number of nitrogens with one attached hydrogen (secondary N) is 2. The smallest absolute Gasteiger partial charge is 0.349 e. The molecule has 1 aliphatic rings. The number of nitrogens with zero attached hydrogens (tertiary/aromatic N) is 4. The molecule has 2 N–H and O–H groups in total. The second-order valence-electron chi connectivity index (χ2n) is 5.67. The van der Waals surface area contributed by atoms with Crippen LogP contribution in [0.4, 0.5) is 5.82 Å². The van der Waals surface area contributed by atoms with Gasteiger partial charge in [-0.25, -0.2) is 19.3 Å². The van der Waals surface area contributed by atoms with E-state index < -0.39 is 0 Å². The normalized spacial score (nSPS) is 17.4. The van der Waals surface area contributed by atoms with Gasteiger partial charge in [-0.15, -0.1) is 0 Å². The molecule has 7 heteroatoms. The fraction of sp³-hybridized carbons (Fsp3) is 0.643. The summed E-state index contributed by atoms with van der Waals surface area (Å²) in [7, 11) is 0. The zero-order chi connectivity index (χ0) is 14.8. The fourth-order valence-corrected chi connectivity index (χ4v) is 3.00. The van der Waals surface area contributed by atoms with Crippen LogP contribution in [0.1, 0.15) is 32.0 Å². The zero-order valence-corrected chi connectivity index (χ0v) is 12.6. The standard InChI is InChI=1S/C14H22N6O/c1-3-6-19-7-4-11(5-8-19)16-12-9-13-17-18-14(21)20(13)10(2)15-12/h9,11,16H,3-8H2,1-2H3,(H,18,21). The lowest BCUT2D eigenvalue weighted by molar-refractivity contribution is 0.219. The molecule has 0 amide bonds. The van der Waals surface area contributed by atoms with Gasteiger partial charge in [0.2, 0.25) is 0 Å². The van der Waals surface area contributed by atoms with Gasteiger partial charge in [0.05, 0.1) is 0 Å². The van der Waals surface area contributed by atoms with Gasteiger partial charge in [0.1, 0.15) is 11.6 Å². The summed E-state index contributed by atoms with van der Waals surface area (Å²) >= 11 is 0. The number of anilines is 1. The van der Waals surface area contributed by atoms with Crippen molar-refractivity contribution in [1.82, 2.24) is 24.5 Å². The topological polar surface area (TPSA) is 78.3 Å². The first-order valence-electron chi connectivity index (χ1n) is 7.61. The summed E-state index contributed by atoms with van der Waals surface area (Å²) in [5.41, 5.74) is 0.368.